The number of aryl methyl sites for hydroxylation is 3. The molecule has 9 aromatic carbocycles. The van der Waals surface area contributed by atoms with Crippen LogP contribution in [0.15, 0.2) is 182 Å². The molecule has 11 rings (SSSR count). The summed E-state index contributed by atoms with van der Waals surface area (Å²) in [5.41, 5.74) is 18.0. The molecule has 2 saturated carbocycles. The van der Waals surface area contributed by atoms with Crippen LogP contribution >= 0.6 is 0 Å². The van der Waals surface area contributed by atoms with Gasteiger partial charge in [0.25, 0.3) is 5.91 Å². The van der Waals surface area contributed by atoms with Crippen molar-refractivity contribution in [2.24, 2.45) is 17.6 Å². The number of methoxy groups -OCH3 is 7. The zero-order valence-corrected chi connectivity index (χ0v) is 55.2. The highest BCUT2D eigenvalue weighted by molar-refractivity contribution is 5.98. The predicted octanol–water partition coefficient (Wildman–Crippen LogP) is 15.8. The van der Waals surface area contributed by atoms with Gasteiger partial charge in [-0.25, -0.2) is 9.59 Å². The van der Waals surface area contributed by atoms with Crippen molar-refractivity contribution in [3.63, 3.8) is 0 Å². The van der Waals surface area contributed by atoms with Crippen molar-refractivity contribution in [1.29, 1.82) is 0 Å². The van der Waals surface area contributed by atoms with Gasteiger partial charge in [0.15, 0.2) is 0 Å². The largest absolute Gasteiger partial charge is 0.497 e. The molecule has 490 valence electrons. The molecular formula is C78H84N2O14. The number of carboxylic acids is 1. The lowest BCUT2D eigenvalue weighted by Crippen LogP contribution is -2.26. The predicted molar refractivity (Wildman–Crippen MR) is 367 cm³/mol. The molecule has 2 aliphatic carbocycles. The third-order valence-corrected chi connectivity index (χ3v) is 16.0. The van der Waals surface area contributed by atoms with E-state index >= 15 is 0 Å². The van der Waals surface area contributed by atoms with Crippen molar-refractivity contribution in [3.8, 4) is 85.1 Å². The maximum absolute atomic E-state index is 13.0. The first-order valence-corrected chi connectivity index (χ1v) is 31.0. The second-order valence-corrected chi connectivity index (χ2v) is 22.7. The number of hydrogen-bond acceptors (Lipinski definition) is 14. The Morgan fingerprint density at radius 1 is 0.404 bits per heavy atom. The van der Waals surface area contributed by atoms with Gasteiger partial charge in [0.2, 0.25) is 0 Å². The van der Waals surface area contributed by atoms with E-state index in [1.54, 1.807) is 66.9 Å². The highest BCUT2D eigenvalue weighted by Gasteiger charge is 2.24. The monoisotopic (exact) mass is 1270 g/mol. The molecule has 4 N–H and O–H groups in total. The first-order valence-electron chi connectivity index (χ1n) is 31.0. The zero-order valence-electron chi connectivity index (χ0n) is 55.2. The summed E-state index contributed by atoms with van der Waals surface area (Å²) < 4.78 is 54.1. The average Bonchev–Trinajstić information content (AvgIpc) is 1.12. The van der Waals surface area contributed by atoms with Gasteiger partial charge in [0, 0.05) is 6.54 Å². The summed E-state index contributed by atoms with van der Waals surface area (Å²) in [6.07, 6.45) is 5.14. The summed E-state index contributed by atoms with van der Waals surface area (Å²) in [5.74, 6) is 6.03. The van der Waals surface area contributed by atoms with Crippen molar-refractivity contribution in [1.82, 2.24) is 5.32 Å². The summed E-state index contributed by atoms with van der Waals surface area (Å²) >= 11 is 0. The normalized spacial score (nSPS) is 11.9. The Labute approximate surface area is 551 Å². The van der Waals surface area contributed by atoms with E-state index in [4.69, 9.17) is 53.1 Å². The fourth-order valence-corrected chi connectivity index (χ4v) is 10.0. The van der Waals surface area contributed by atoms with Gasteiger partial charge in [-0.05, 0) is 241 Å². The first-order chi connectivity index (χ1) is 45.6. The number of nitrogens with one attached hydrogen (secondary N) is 1. The highest BCUT2D eigenvalue weighted by atomic mass is 16.5. The maximum atomic E-state index is 13.0. The third kappa shape index (κ3) is 19.8. The zero-order chi connectivity index (χ0) is 67.1. The van der Waals surface area contributed by atoms with Crippen LogP contribution in [0.5, 0.6) is 51.7 Å². The van der Waals surface area contributed by atoms with E-state index in [0.717, 1.165) is 114 Å². The number of carboxylic acid groups (broad SMARTS) is 1. The summed E-state index contributed by atoms with van der Waals surface area (Å²) in [7, 11) is 11.2. The number of hydrogen-bond donors (Lipinski definition) is 3. The molecule has 9 aromatic rings. The van der Waals surface area contributed by atoms with Crippen molar-refractivity contribution in [3.05, 3.63) is 232 Å². The Balaban J connectivity index is 0.000000174. The summed E-state index contributed by atoms with van der Waals surface area (Å²) in [5, 5.41) is 12.7. The fourth-order valence-electron chi connectivity index (χ4n) is 10.0. The molecule has 2 fully saturated rings. The molecule has 16 nitrogen and oxygen atoms in total. The highest BCUT2D eigenvalue weighted by Crippen LogP contribution is 2.36. The molecule has 0 heterocycles. The van der Waals surface area contributed by atoms with E-state index in [-0.39, 0.29) is 18.1 Å². The molecule has 0 aliphatic heterocycles. The van der Waals surface area contributed by atoms with E-state index in [2.05, 4.69) is 5.32 Å². The third-order valence-electron chi connectivity index (χ3n) is 16.0. The number of ether oxygens (including phenoxy) is 10. The smallest absolute Gasteiger partial charge is 0.341 e. The number of carbonyl (C=O) groups excluding carboxylic acids is 2. The molecule has 0 unspecified atom stereocenters. The maximum Gasteiger partial charge on any atom is 0.341 e. The van der Waals surface area contributed by atoms with Crippen LogP contribution in [0.3, 0.4) is 0 Å². The molecule has 0 saturated heterocycles. The Kier molecular flexibility index (Phi) is 25.3. The summed E-state index contributed by atoms with van der Waals surface area (Å²) in [4.78, 5) is 37.2. The quantitative estimate of drug-likeness (QED) is 0.0482. The number of nitrogens with two attached hydrogens (primary N) is 1. The van der Waals surface area contributed by atoms with E-state index in [9.17, 15) is 19.5 Å². The van der Waals surface area contributed by atoms with Crippen LogP contribution < -0.4 is 53.7 Å². The number of carbonyl (C=O) groups is 3. The minimum absolute atomic E-state index is 0.102. The van der Waals surface area contributed by atoms with Gasteiger partial charge in [-0.3, -0.25) is 4.79 Å². The van der Waals surface area contributed by atoms with Crippen LogP contribution in [0, 0.1) is 32.6 Å². The van der Waals surface area contributed by atoms with Crippen LogP contribution in [-0.4, -0.2) is 85.8 Å². The van der Waals surface area contributed by atoms with Gasteiger partial charge < -0.3 is 63.5 Å². The average molecular weight is 1270 g/mol. The molecule has 0 spiro atoms. The number of aromatic carboxylic acids is 1. The van der Waals surface area contributed by atoms with Crippen LogP contribution in [-0.2, 0) is 24.6 Å². The molecule has 0 aromatic heterocycles. The first kappa shape index (κ1) is 69.4. The van der Waals surface area contributed by atoms with Gasteiger partial charge in [-0.15, -0.1) is 0 Å². The number of amides is 1. The van der Waals surface area contributed by atoms with E-state index in [1.807, 2.05) is 178 Å². The van der Waals surface area contributed by atoms with E-state index in [1.165, 1.54) is 32.8 Å². The molecule has 1 amide bonds. The second kappa shape index (κ2) is 34.3. The van der Waals surface area contributed by atoms with Crippen LogP contribution in [0.2, 0.25) is 0 Å². The SMILES string of the molecule is COC(=O)c1cc(-c2ccc(OC)cc2C)ccc1OCc1ccc(OC)cc1.COc1ccc(COc2ccc(-c3ccc(OC)cc3C)cc2C(=O)NCC2CC2)cc1.COc1ccc(COc2ccc(-c3ccc(OC)cc3C)cc2C(=O)O)cc1.NCC1CC1. The summed E-state index contributed by atoms with van der Waals surface area (Å²) in [6, 6.07) is 56.8. The van der Waals surface area contributed by atoms with Crippen LogP contribution in [0.4, 0.5) is 0 Å². The lowest BCUT2D eigenvalue weighted by Gasteiger charge is -2.15. The van der Waals surface area contributed by atoms with Gasteiger partial charge >= 0.3 is 11.9 Å². The van der Waals surface area contributed by atoms with Crippen molar-refractivity contribution in [2.75, 3.05) is 62.9 Å². The fraction of sp³-hybridized carbons (Fsp3) is 0.269. The Bertz CT molecular complexity index is 3970. The van der Waals surface area contributed by atoms with Gasteiger partial charge in [-0.1, -0.05) is 72.8 Å². The van der Waals surface area contributed by atoms with E-state index in [0.29, 0.717) is 54.1 Å². The van der Waals surface area contributed by atoms with Gasteiger partial charge in [0.05, 0.1) is 55.3 Å². The molecule has 0 atom stereocenters. The number of rotatable bonds is 24. The topological polar surface area (TPSA) is 202 Å². The van der Waals surface area contributed by atoms with Crippen LogP contribution in [0.25, 0.3) is 33.4 Å². The molecule has 0 bridgehead atoms. The Hall–Kier alpha value is -10.5. The van der Waals surface area contributed by atoms with Crippen LogP contribution in [0.1, 0.15) is 90.1 Å². The molecular weight excluding hydrogens is 1190 g/mol. The number of esters is 1. The van der Waals surface area contributed by atoms with Crippen molar-refractivity contribution in [2.45, 2.75) is 66.3 Å². The summed E-state index contributed by atoms with van der Waals surface area (Å²) in [6.45, 7) is 8.60. The lowest BCUT2D eigenvalue weighted by atomic mass is 9.98. The second-order valence-electron chi connectivity index (χ2n) is 22.7. The van der Waals surface area contributed by atoms with Gasteiger partial charge in [-0.2, -0.15) is 0 Å². The van der Waals surface area contributed by atoms with Gasteiger partial charge in [0.1, 0.15) is 82.7 Å². The molecule has 0 radical (unpaired) electrons. The minimum atomic E-state index is -1.03. The van der Waals surface area contributed by atoms with Crippen molar-refractivity contribution < 1.29 is 66.9 Å². The van der Waals surface area contributed by atoms with Crippen molar-refractivity contribution >= 4 is 17.8 Å². The minimum Gasteiger partial charge on any atom is -0.497 e. The lowest BCUT2D eigenvalue weighted by molar-refractivity contribution is 0.0594. The van der Waals surface area contributed by atoms with E-state index < -0.39 is 11.9 Å². The molecule has 2 aliphatic rings. The molecule has 94 heavy (non-hydrogen) atoms. The Morgan fingerprint density at radius 2 is 0.723 bits per heavy atom. The Morgan fingerprint density at radius 3 is 1.02 bits per heavy atom. The molecule has 16 heteroatoms. The number of benzene rings is 9. The standard InChI is InChI=1S/C27H29NO4.C24H24O5.C23H22O5.C4H9N/c1-18-14-23(31-3)11-12-24(18)21-8-13-26(25(15-21)27(29)28-16-19-4-5-19)32-17-20-6-9-22(30-2)10-7-20;1-16-13-20(27-3)10-11-21(16)18-7-12-23(22(14-18)24(25)28-4)29-15-17-5-8-19(26-2)9-6-17;1-15-12-19(27-3)9-10-20(15)17-6-11-22(21(13-17)23(24)25)28-14-16-4-7-18(26-2)8-5-16;5-3-4-1-2-4/h6-15,19H,4-5,16-17H2,1-3H3,(H,28,29);5-14H,15H2,1-4H3;4-13H,14H2,1-3H3,(H,24,25);4H,1-3,5H2.